The Labute approximate surface area is 143 Å². The van der Waals surface area contributed by atoms with Crippen LogP contribution >= 0.6 is 0 Å². The maximum absolute atomic E-state index is 14.1. The number of benzene rings is 2. The van der Waals surface area contributed by atoms with Crippen molar-refractivity contribution in [2.45, 2.75) is 11.8 Å². The standard InChI is InChI=1S/C18H13F2NO3S/c1-12-2-5-15(6-3-12)25(23,24)21-10-13(11-22)8-18(21)16-7-4-14(19)9-17(16)20/h2-11H,1H3. The van der Waals surface area contributed by atoms with Gasteiger partial charge in [0.15, 0.2) is 6.29 Å². The van der Waals surface area contributed by atoms with Crippen LogP contribution in [0.1, 0.15) is 15.9 Å². The minimum atomic E-state index is -4.05. The van der Waals surface area contributed by atoms with Crippen LogP contribution in [-0.4, -0.2) is 18.7 Å². The second-order valence-corrected chi connectivity index (χ2v) is 7.33. The van der Waals surface area contributed by atoms with Crippen molar-refractivity contribution in [3.05, 3.63) is 77.5 Å². The average Bonchev–Trinajstić information content (AvgIpc) is 3.00. The lowest BCUT2D eigenvalue weighted by molar-refractivity contribution is 0.112. The molecule has 0 spiro atoms. The van der Waals surface area contributed by atoms with Crippen molar-refractivity contribution in [1.82, 2.24) is 3.97 Å². The van der Waals surface area contributed by atoms with E-state index in [4.69, 9.17) is 0 Å². The van der Waals surface area contributed by atoms with Crippen LogP contribution in [0.2, 0.25) is 0 Å². The van der Waals surface area contributed by atoms with E-state index < -0.39 is 21.7 Å². The Morgan fingerprint density at radius 1 is 1.00 bits per heavy atom. The van der Waals surface area contributed by atoms with Crippen LogP contribution in [0.3, 0.4) is 0 Å². The third-order valence-corrected chi connectivity index (χ3v) is 5.42. The van der Waals surface area contributed by atoms with Gasteiger partial charge in [-0.05, 0) is 37.3 Å². The molecule has 2 aromatic carbocycles. The number of aldehydes is 1. The van der Waals surface area contributed by atoms with E-state index in [1.165, 1.54) is 18.2 Å². The molecule has 0 radical (unpaired) electrons. The van der Waals surface area contributed by atoms with Gasteiger partial charge in [0.25, 0.3) is 10.0 Å². The number of aryl methyl sites for hydroxylation is 1. The predicted molar refractivity (Wildman–Crippen MR) is 88.9 cm³/mol. The third-order valence-electron chi connectivity index (χ3n) is 3.73. The molecule has 0 bridgehead atoms. The van der Waals surface area contributed by atoms with E-state index in [-0.39, 0.29) is 21.7 Å². The molecule has 1 aromatic heterocycles. The number of nitrogens with zero attached hydrogens (tertiary/aromatic N) is 1. The molecular formula is C18H13F2NO3S. The van der Waals surface area contributed by atoms with Gasteiger partial charge in [0.1, 0.15) is 11.6 Å². The van der Waals surface area contributed by atoms with E-state index in [1.807, 2.05) is 6.92 Å². The number of carbonyl (C=O) groups is 1. The molecule has 0 N–H and O–H groups in total. The Morgan fingerprint density at radius 3 is 2.28 bits per heavy atom. The molecule has 0 aliphatic carbocycles. The summed E-state index contributed by atoms with van der Waals surface area (Å²) >= 11 is 0. The minimum Gasteiger partial charge on any atom is -0.298 e. The molecule has 3 aromatic rings. The molecule has 7 heteroatoms. The predicted octanol–water partition coefficient (Wildman–Crippen LogP) is 3.79. The third kappa shape index (κ3) is 3.10. The van der Waals surface area contributed by atoms with Crippen LogP contribution in [0, 0.1) is 18.6 Å². The summed E-state index contributed by atoms with van der Waals surface area (Å²) in [5, 5.41) is 0. The Morgan fingerprint density at radius 2 is 1.68 bits per heavy atom. The molecule has 0 amide bonds. The van der Waals surface area contributed by atoms with Crippen LogP contribution in [0.25, 0.3) is 11.3 Å². The second kappa shape index (κ2) is 6.25. The summed E-state index contributed by atoms with van der Waals surface area (Å²) in [5.74, 6) is -1.70. The first kappa shape index (κ1) is 17.0. The molecule has 0 fully saturated rings. The molecule has 3 rings (SSSR count). The van der Waals surface area contributed by atoms with E-state index >= 15 is 0 Å². The number of halogens is 2. The maximum atomic E-state index is 14.1. The molecule has 4 nitrogen and oxygen atoms in total. The first-order valence-corrected chi connectivity index (χ1v) is 8.72. The van der Waals surface area contributed by atoms with Gasteiger partial charge in [-0.25, -0.2) is 21.2 Å². The highest BCUT2D eigenvalue weighted by atomic mass is 32.2. The lowest BCUT2D eigenvalue weighted by Crippen LogP contribution is -2.13. The number of hydrogen-bond donors (Lipinski definition) is 0. The van der Waals surface area contributed by atoms with Gasteiger partial charge < -0.3 is 0 Å². The van der Waals surface area contributed by atoms with Crippen molar-refractivity contribution in [1.29, 1.82) is 0 Å². The monoisotopic (exact) mass is 361 g/mol. The normalized spacial score (nSPS) is 11.5. The largest absolute Gasteiger partial charge is 0.298 e. The first-order chi connectivity index (χ1) is 11.8. The number of carbonyl (C=O) groups excluding carboxylic acids is 1. The number of aromatic nitrogens is 1. The van der Waals surface area contributed by atoms with Crippen molar-refractivity contribution >= 4 is 16.3 Å². The van der Waals surface area contributed by atoms with Gasteiger partial charge in [-0.3, -0.25) is 4.79 Å². The van der Waals surface area contributed by atoms with Crippen molar-refractivity contribution in [2.24, 2.45) is 0 Å². The summed E-state index contributed by atoms with van der Waals surface area (Å²) in [7, 11) is -4.05. The van der Waals surface area contributed by atoms with Crippen LogP contribution in [-0.2, 0) is 10.0 Å². The highest BCUT2D eigenvalue weighted by Crippen LogP contribution is 2.29. The molecular weight excluding hydrogens is 348 g/mol. The minimum absolute atomic E-state index is 0.00470. The maximum Gasteiger partial charge on any atom is 0.268 e. The Hall–Kier alpha value is -2.80. The summed E-state index contributed by atoms with van der Waals surface area (Å²) in [6.07, 6.45) is 1.58. The van der Waals surface area contributed by atoms with Crippen LogP contribution in [0.4, 0.5) is 8.78 Å². The summed E-state index contributed by atoms with van der Waals surface area (Å²) in [6, 6.07) is 10.2. The highest BCUT2D eigenvalue weighted by Gasteiger charge is 2.23. The van der Waals surface area contributed by atoms with Crippen molar-refractivity contribution in [2.75, 3.05) is 0 Å². The quantitative estimate of drug-likeness (QED) is 0.665. The fourth-order valence-corrected chi connectivity index (χ4v) is 3.82. The molecule has 0 unspecified atom stereocenters. The van der Waals surface area contributed by atoms with Gasteiger partial charge in [-0.2, -0.15) is 0 Å². The lowest BCUT2D eigenvalue weighted by Gasteiger charge is -2.11. The van der Waals surface area contributed by atoms with Gasteiger partial charge in [0.2, 0.25) is 0 Å². The molecule has 0 aliphatic rings. The van der Waals surface area contributed by atoms with Crippen LogP contribution in [0.15, 0.2) is 59.6 Å². The molecule has 0 saturated heterocycles. The zero-order valence-electron chi connectivity index (χ0n) is 13.1. The average molecular weight is 361 g/mol. The van der Waals surface area contributed by atoms with Gasteiger partial charge in [-0.15, -0.1) is 0 Å². The summed E-state index contributed by atoms with van der Waals surface area (Å²) in [6.45, 7) is 1.82. The Balaban J connectivity index is 2.24. The SMILES string of the molecule is Cc1ccc(S(=O)(=O)n2cc(C=O)cc2-c2ccc(F)cc2F)cc1. The van der Waals surface area contributed by atoms with Crippen molar-refractivity contribution in [3.8, 4) is 11.3 Å². The van der Waals surface area contributed by atoms with Crippen molar-refractivity contribution < 1.29 is 22.0 Å². The van der Waals surface area contributed by atoms with Gasteiger partial charge in [0, 0.05) is 23.4 Å². The summed E-state index contributed by atoms with van der Waals surface area (Å²) in [5.41, 5.74) is 0.768. The molecule has 25 heavy (non-hydrogen) atoms. The Bertz CT molecular complexity index is 1050. The zero-order chi connectivity index (χ0) is 18.2. The molecule has 128 valence electrons. The van der Waals surface area contributed by atoms with Crippen LogP contribution in [0.5, 0.6) is 0 Å². The number of rotatable bonds is 4. The lowest BCUT2D eigenvalue weighted by atomic mass is 10.1. The number of hydrogen-bond acceptors (Lipinski definition) is 3. The molecule has 0 atom stereocenters. The van der Waals surface area contributed by atoms with Crippen LogP contribution < -0.4 is 0 Å². The van der Waals surface area contributed by atoms with E-state index in [0.29, 0.717) is 12.4 Å². The van der Waals surface area contributed by atoms with Gasteiger partial charge in [-0.1, -0.05) is 17.7 Å². The first-order valence-electron chi connectivity index (χ1n) is 7.28. The molecule has 0 aliphatic heterocycles. The smallest absolute Gasteiger partial charge is 0.268 e. The zero-order valence-corrected chi connectivity index (χ0v) is 13.9. The van der Waals surface area contributed by atoms with E-state index in [1.54, 1.807) is 12.1 Å². The van der Waals surface area contributed by atoms with Gasteiger partial charge >= 0.3 is 0 Å². The summed E-state index contributed by atoms with van der Waals surface area (Å²) in [4.78, 5) is 11.1. The van der Waals surface area contributed by atoms with E-state index in [0.717, 1.165) is 27.9 Å². The van der Waals surface area contributed by atoms with Crippen molar-refractivity contribution in [3.63, 3.8) is 0 Å². The summed E-state index contributed by atoms with van der Waals surface area (Å²) < 4.78 is 53.9. The van der Waals surface area contributed by atoms with E-state index in [9.17, 15) is 22.0 Å². The van der Waals surface area contributed by atoms with Gasteiger partial charge in [0.05, 0.1) is 10.6 Å². The van der Waals surface area contributed by atoms with E-state index in [2.05, 4.69) is 0 Å². The topological polar surface area (TPSA) is 56.1 Å². The molecule has 1 heterocycles. The fraction of sp³-hybridized carbons (Fsp3) is 0.0556. The Kier molecular flexibility index (Phi) is 4.26. The second-order valence-electron chi connectivity index (χ2n) is 5.51. The fourth-order valence-electron chi connectivity index (χ4n) is 2.44. The molecule has 0 saturated carbocycles. The highest BCUT2D eigenvalue weighted by molar-refractivity contribution is 7.90.